The van der Waals surface area contributed by atoms with Crippen molar-refractivity contribution < 1.29 is 14.3 Å². The van der Waals surface area contributed by atoms with Gasteiger partial charge in [-0.25, -0.2) is 9.59 Å². The van der Waals surface area contributed by atoms with E-state index < -0.39 is 12.0 Å². The van der Waals surface area contributed by atoms with Crippen molar-refractivity contribution in [3.63, 3.8) is 0 Å². The summed E-state index contributed by atoms with van der Waals surface area (Å²) in [7, 11) is 1.28. The normalized spacial score (nSPS) is 10.0. The number of benzene rings is 2. The predicted molar refractivity (Wildman–Crippen MR) is 90.1 cm³/mol. The van der Waals surface area contributed by atoms with E-state index in [2.05, 4.69) is 15.4 Å². The summed E-state index contributed by atoms with van der Waals surface area (Å²) in [5, 5.41) is 6.23. The highest BCUT2D eigenvalue weighted by atomic mass is 35.5. The number of esters is 1. The Bertz CT molecular complexity index is 718. The second kappa shape index (κ2) is 7.85. The molecule has 7 heteroatoms. The number of hydrogen-bond acceptors (Lipinski definition) is 3. The topological polar surface area (TPSA) is 67.4 Å². The molecule has 0 aliphatic heterocycles. The van der Waals surface area contributed by atoms with E-state index in [9.17, 15) is 9.59 Å². The number of methoxy groups -OCH3 is 1. The van der Waals surface area contributed by atoms with E-state index in [1.807, 2.05) is 12.1 Å². The van der Waals surface area contributed by atoms with Crippen LogP contribution in [0.5, 0.6) is 0 Å². The van der Waals surface area contributed by atoms with Crippen LogP contribution in [0.2, 0.25) is 10.0 Å². The number of hydrogen-bond donors (Lipinski definition) is 2. The first-order valence-electron chi connectivity index (χ1n) is 6.67. The van der Waals surface area contributed by atoms with Crippen LogP contribution in [0.3, 0.4) is 0 Å². The molecule has 2 N–H and O–H groups in total. The van der Waals surface area contributed by atoms with E-state index in [-0.39, 0.29) is 0 Å². The number of carbonyl (C=O) groups is 2. The third kappa shape index (κ3) is 4.87. The smallest absolute Gasteiger partial charge is 0.337 e. The van der Waals surface area contributed by atoms with Gasteiger partial charge in [0, 0.05) is 11.6 Å². The summed E-state index contributed by atoms with van der Waals surface area (Å²) in [4.78, 5) is 23.4. The summed E-state index contributed by atoms with van der Waals surface area (Å²) in [6, 6.07) is 11.2. The van der Waals surface area contributed by atoms with Crippen molar-refractivity contribution in [2.24, 2.45) is 0 Å². The van der Waals surface area contributed by atoms with Crippen molar-refractivity contribution in [2.45, 2.75) is 6.54 Å². The first-order valence-corrected chi connectivity index (χ1v) is 7.42. The monoisotopic (exact) mass is 352 g/mol. The fourth-order valence-corrected chi connectivity index (χ4v) is 2.11. The van der Waals surface area contributed by atoms with Gasteiger partial charge in [-0.2, -0.15) is 0 Å². The highest BCUT2D eigenvalue weighted by Crippen LogP contribution is 2.23. The van der Waals surface area contributed by atoms with E-state index in [0.29, 0.717) is 27.8 Å². The number of nitrogens with one attached hydrogen (secondary N) is 2. The molecule has 0 aromatic heterocycles. The van der Waals surface area contributed by atoms with Gasteiger partial charge in [0.2, 0.25) is 0 Å². The molecule has 23 heavy (non-hydrogen) atoms. The molecule has 0 spiro atoms. The summed E-state index contributed by atoms with van der Waals surface area (Å²) in [5.74, 6) is -0.508. The molecular weight excluding hydrogens is 339 g/mol. The fraction of sp³-hybridized carbons (Fsp3) is 0.125. The van der Waals surface area contributed by atoms with Crippen LogP contribution in [0, 0.1) is 0 Å². The van der Waals surface area contributed by atoms with E-state index in [4.69, 9.17) is 23.2 Å². The highest BCUT2D eigenvalue weighted by Gasteiger charge is 2.11. The van der Waals surface area contributed by atoms with Gasteiger partial charge >= 0.3 is 12.0 Å². The van der Waals surface area contributed by atoms with Gasteiger partial charge < -0.3 is 15.4 Å². The Balaban J connectivity index is 1.99. The average Bonchev–Trinajstić information content (AvgIpc) is 2.55. The molecule has 2 aromatic carbocycles. The largest absolute Gasteiger partial charge is 0.465 e. The van der Waals surface area contributed by atoms with Gasteiger partial charge in [-0.3, -0.25) is 0 Å². The van der Waals surface area contributed by atoms with Gasteiger partial charge in [0.25, 0.3) is 0 Å². The zero-order valence-corrected chi connectivity index (χ0v) is 13.7. The van der Waals surface area contributed by atoms with Crippen LogP contribution in [-0.4, -0.2) is 19.1 Å². The molecule has 0 atom stereocenters. The van der Waals surface area contributed by atoms with Crippen LogP contribution in [0.1, 0.15) is 15.9 Å². The Labute approximate surface area is 143 Å². The van der Waals surface area contributed by atoms with Crippen LogP contribution in [0.4, 0.5) is 10.5 Å². The lowest BCUT2D eigenvalue weighted by atomic mass is 10.2. The molecule has 0 aliphatic rings. The Morgan fingerprint density at radius 1 is 1.09 bits per heavy atom. The second-order valence-corrected chi connectivity index (χ2v) is 5.46. The van der Waals surface area contributed by atoms with Gasteiger partial charge in [0.05, 0.1) is 23.4 Å². The highest BCUT2D eigenvalue weighted by molar-refractivity contribution is 6.33. The summed E-state index contributed by atoms with van der Waals surface area (Å²) in [5.41, 5.74) is 1.52. The minimum atomic E-state index is -0.508. The molecule has 0 heterocycles. The number of ether oxygens (including phenoxy) is 1. The number of urea groups is 1. The van der Waals surface area contributed by atoms with E-state index >= 15 is 0 Å². The summed E-state index contributed by atoms with van der Waals surface area (Å²) < 4.78 is 4.63. The minimum absolute atomic E-state index is 0.296. The first kappa shape index (κ1) is 17.1. The standard InChI is InChI=1S/C16H14Cl2N2O3/c1-23-15(21)11-4-7-13(18)14(8-11)20-16(22)19-9-10-2-5-12(17)6-3-10/h2-8H,9H2,1H3,(H2,19,20,22). The zero-order chi connectivity index (χ0) is 16.8. The molecule has 2 rings (SSSR count). The molecule has 0 saturated carbocycles. The maximum atomic E-state index is 11.9. The molecule has 0 radical (unpaired) electrons. The van der Waals surface area contributed by atoms with Crippen molar-refractivity contribution in [3.8, 4) is 0 Å². The Morgan fingerprint density at radius 2 is 1.78 bits per heavy atom. The van der Waals surface area contributed by atoms with Crippen LogP contribution in [0.25, 0.3) is 0 Å². The third-order valence-corrected chi connectivity index (χ3v) is 3.58. The molecular formula is C16H14Cl2N2O3. The maximum absolute atomic E-state index is 11.9. The molecule has 0 fully saturated rings. The number of carbonyl (C=O) groups excluding carboxylic acids is 2. The maximum Gasteiger partial charge on any atom is 0.337 e. The van der Waals surface area contributed by atoms with Gasteiger partial charge in [-0.15, -0.1) is 0 Å². The van der Waals surface area contributed by atoms with Crippen molar-refractivity contribution in [3.05, 3.63) is 63.6 Å². The lowest BCUT2D eigenvalue weighted by Crippen LogP contribution is -2.28. The quantitative estimate of drug-likeness (QED) is 0.813. The van der Waals surface area contributed by atoms with Crippen LogP contribution < -0.4 is 10.6 Å². The lowest BCUT2D eigenvalue weighted by molar-refractivity contribution is 0.0600. The summed E-state index contributed by atoms with van der Waals surface area (Å²) in [6.45, 7) is 0.331. The van der Waals surface area contributed by atoms with Crippen molar-refractivity contribution in [2.75, 3.05) is 12.4 Å². The van der Waals surface area contributed by atoms with Crippen molar-refractivity contribution in [1.82, 2.24) is 5.32 Å². The van der Waals surface area contributed by atoms with E-state index in [1.165, 1.54) is 25.3 Å². The summed E-state index contributed by atoms with van der Waals surface area (Å²) >= 11 is 11.8. The van der Waals surface area contributed by atoms with E-state index in [0.717, 1.165) is 5.56 Å². The molecule has 0 saturated heterocycles. The Kier molecular flexibility index (Phi) is 5.84. The number of amides is 2. The van der Waals surface area contributed by atoms with Crippen molar-refractivity contribution in [1.29, 1.82) is 0 Å². The van der Waals surface area contributed by atoms with Gasteiger partial charge in [-0.05, 0) is 35.9 Å². The molecule has 5 nitrogen and oxygen atoms in total. The first-order chi connectivity index (χ1) is 11.0. The number of anilines is 1. The Hall–Kier alpha value is -2.24. The second-order valence-electron chi connectivity index (χ2n) is 4.62. The molecule has 0 unspecified atom stereocenters. The van der Waals surface area contributed by atoms with Gasteiger partial charge in [-0.1, -0.05) is 35.3 Å². The molecule has 2 aromatic rings. The third-order valence-electron chi connectivity index (χ3n) is 3.00. The molecule has 120 valence electrons. The zero-order valence-electron chi connectivity index (χ0n) is 12.2. The summed E-state index contributed by atoms with van der Waals surface area (Å²) in [6.07, 6.45) is 0. The number of halogens is 2. The lowest BCUT2D eigenvalue weighted by Gasteiger charge is -2.10. The predicted octanol–water partition coefficient (Wildman–Crippen LogP) is 4.10. The van der Waals surface area contributed by atoms with Gasteiger partial charge in [0.15, 0.2) is 0 Å². The fourth-order valence-electron chi connectivity index (χ4n) is 1.82. The van der Waals surface area contributed by atoms with Crippen molar-refractivity contribution >= 4 is 40.9 Å². The number of rotatable bonds is 4. The molecule has 2 amide bonds. The minimum Gasteiger partial charge on any atom is -0.465 e. The Morgan fingerprint density at radius 3 is 2.43 bits per heavy atom. The molecule has 0 aliphatic carbocycles. The molecule has 0 bridgehead atoms. The van der Waals surface area contributed by atoms with Crippen LogP contribution >= 0.6 is 23.2 Å². The SMILES string of the molecule is COC(=O)c1ccc(Cl)c(NC(=O)NCc2ccc(Cl)cc2)c1. The van der Waals surface area contributed by atoms with E-state index in [1.54, 1.807) is 12.1 Å². The average molecular weight is 353 g/mol. The van der Waals surface area contributed by atoms with Crippen LogP contribution in [0.15, 0.2) is 42.5 Å². The van der Waals surface area contributed by atoms with Crippen LogP contribution in [-0.2, 0) is 11.3 Å². The van der Waals surface area contributed by atoms with Gasteiger partial charge in [0.1, 0.15) is 0 Å².